The lowest BCUT2D eigenvalue weighted by Crippen LogP contribution is -2.25. The Hall–Kier alpha value is -1.16. The van der Waals surface area contributed by atoms with Crippen LogP contribution in [0.4, 0.5) is 5.82 Å². The Kier molecular flexibility index (Phi) is 2.61. The third-order valence-corrected chi connectivity index (χ3v) is 2.92. The highest BCUT2D eigenvalue weighted by Gasteiger charge is 2.30. The molecule has 0 aliphatic carbocycles. The fourth-order valence-corrected chi connectivity index (χ4v) is 2.06. The zero-order chi connectivity index (χ0) is 10.9. The first-order valence-electron chi connectivity index (χ1n) is 5.37. The van der Waals surface area contributed by atoms with Crippen LogP contribution in [0, 0.1) is 5.41 Å². The van der Waals surface area contributed by atoms with Gasteiger partial charge in [-0.25, -0.2) is 4.98 Å². The molecule has 2 heterocycles. The second kappa shape index (κ2) is 3.77. The van der Waals surface area contributed by atoms with E-state index >= 15 is 0 Å². The molecule has 15 heavy (non-hydrogen) atoms. The Bertz CT molecular complexity index is 348. The zero-order valence-corrected chi connectivity index (χ0v) is 9.40. The SMILES string of the molecule is CC1(C)CCN(c2nccnc2CN)C1. The summed E-state index contributed by atoms with van der Waals surface area (Å²) in [6.07, 6.45) is 4.64. The first-order chi connectivity index (χ1) is 7.12. The van der Waals surface area contributed by atoms with E-state index in [1.165, 1.54) is 6.42 Å². The monoisotopic (exact) mass is 206 g/mol. The number of anilines is 1. The van der Waals surface area contributed by atoms with Crippen molar-refractivity contribution in [1.82, 2.24) is 9.97 Å². The van der Waals surface area contributed by atoms with Crippen LogP contribution in [0.15, 0.2) is 12.4 Å². The van der Waals surface area contributed by atoms with Crippen LogP contribution >= 0.6 is 0 Å². The number of nitrogens with two attached hydrogens (primary N) is 1. The van der Waals surface area contributed by atoms with Crippen LogP contribution in [0.2, 0.25) is 0 Å². The Balaban J connectivity index is 2.23. The standard InChI is InChI=1S/C11H18N4/c1-11(2)3-6-15(8-11)10-9(7-12)13-4-5-14-10/h4-5H,3,6-8,12H2,1-2H3. The number of hydrogen-bond acceptors (Lipinski definition) is 4. The first-order valence-corrected chi connectivity index (χ1v) is 5.37. The van der Waals surface area contributed by atoms with Crippen molar-refractivity contribution < 1.29 is 0 Å². The average molecular weight is 206 g/mol. The molecule has 0 spiro atoms. The summed E-state index contributed by atoms with van der Waals surface area (Å²) in [4.78, 5) is 10.9. The van der Waals surface area contributed by atoms with Gasteiger partial charge in [-0.05, 0) is 11.8 Å². The molecule has 0 saturated carbocycles. The molecule has 1 aliphatic rings. The van der Waals surface area contributed by atoms with Crippen LogP contribution in [-0.4, -0.2) is 23.1 Å². The molecule has 1 aliphatic heterocycles. The highest BCUT2D eigenvalue weighted by atomic mass is 15.2. The van der Waals surface area contributed by atoms with E-state index in [4.69, 9.17) is 5.73 Å². The average Bonchev–Trinajstić information content (AvgIpc) is 2.59. The van der Waals surface area contributed by atoms with Crippen molar-refractivity contribution in [2.24, 2.45) is 11.1 Å². The minimum absolute atomic E-state index is 0.378. The van der Waals surface area contributed by atoms with Gasteiger partial charge in [0, 0.05) is 32.0 Å². The smallest absolute Gasteiger partial charge is 0.151 e. The highest BCUT2D eigenvalue weighted by molar-refractivity contribution is 5.44. The maximum absolute atomic E-state index is 5.66. The maximum Gasteiger partial charge on any atom is 0.151 e. The van der Waals surface area contributed by atoms with E-state index in [1.54, 1.807) is 12.4 Å². The second-order valence-electron chi connectivity index (χ2n) is 4.87. The summed E-state index contributed by atoms with van der Waals surface area (Å²) in [5, 5.41) is 0. The third kappa shape index (κ3) is 2.09. The van der Waals surface area contributed by atoms with Crippen molar-refractivity contribution in [1.29, 1.82) is 0 Å². The van der Waals surface area contributed by atoms with E-state index in [2.05, 4.69) is 28.7 Å². The molecule has 1 saturated heterocycles. The van der Waals surface area contributed by atoms with Gasteiger partial charge in [0.1, 0.15) is 0 Å². The van der Waals surface area contributed by atoms with Gasteiger partial charge in [0.25, 0.3) is 0 Å². The van der Waals surface area contributed by atoms with Crippen molar-refractivity contribution >= 4 is 5.82 Å². The maximum atomic E-state index is 5.66. The highest BCUT2D eigenvalue weighted by Crippen LogP contribution is 2.32. The van der Waals surface area contributed by atoms with Gasteiger partial charge in [0.15, 0.2) is 5.82 Å². The van der Waals surface area contributed by atoms with E-state index in [0.717, 1.165) is 24.6 Å². The van der Waals surface area contributed by atoms with Crippen molar-refractivity contribution in [3.05, 3.63) is 18.1 Å². The van der Waals surface area contributed by atoms with Gasteiger partial charge in [-0.3, -0.25) is 4.98 Å². The van der Waals surface area contributed by atoms with E-state index < -0.39 is 0 Å². The summed E-state index contributed by atoms with van der Waals surface area (Å²) in [5.41, 5.74) is 6.93. The number of aromatic nitrogens is 2. The number of hydrogen-bond donors (Lipinski definition) is 1. The summed E-state index contributed by atoms with van der Waals surface area (Å²) in [6, 6.07) is 0. The summed E-state index contributed by atoms with van der Waals surface area (Å²) < 4.78 is 0. The van der Waals surface area contributed by atoms with Crippen LogP contribution in [0.5, 0.6) is 0 Å². The Morgan fingerprint density at radius 2 is 2.13 bits per heavy atom. The van der Waals surface area contributed by atoms with Crippen molar-refractivity contribution in [3.8, 4) is 0 Å². The molecule has 0 aromatic carbocycles. The van der Waals surface area contributed by atoms with E-state index in [-0.39, 0.29) is 0 Å². The fraction of sp³-hybridized carbons (Fsp3) is 0.636. The van der Waals surface area contributed by atoms with Crippen LogP contribution in [0.3, 0.4) is 0 Å². The van der Waals surface area contributed by atoms with Crippen LogP contribution in [0.1, 0.15) is 26.0 Å². The first kappa shape index (κ1) is 10.4. The Morgan fingerprint density at radius 1 is 1.40 bits per heavy atom. The predicted octanol–water partition coefficient (Wildman–Crippen LogP) is 1.17. The molecule has 0 radical (unpaired) electrons. The lowest BCUT2D eigenvalue weighted by Gasteiger charge is -2.21. The summed E-state index contributed by atoms with van der Waals surface area (Å²) in [7, 11) is 0. The lowest BCUT2D eigenvalue weighted by atomic mass is 9.93. The van der Waals surface area contributed by atoms with Crippen LogP contribution in [0.25, 0.3) is 0 Å². The molecule has 82 valence electrons. The molecule has 0 bridgehead atoms. The molecular weight excluding hydrogens is 188 g/mol. The van der Waals surface area contributed by atoms with Crippen molar-refractivity contribution in [3.63, 3.8) is 0 Å². The van der Waals surface area contributed by atoms with E-state index in [9.17, 15) is 0 Å². The summed E-state index contributed by atoms with van der Waals surface area (Å²) in [6.45, 7) is 7.12. The van der Waals surface area contributed by atoms with Crippen molar-refractivity contribution in [2.75, 3.05) is 18.0 Å². The minimum atomic E-state index is 0.378. The predicted molar refractivity (Wildman–Crippen MR) is 60.5 cm³/mol. The van der Waals surface area contributed by atoms with E-state index in [0.29, 0.717) is 12.0 Å². The normalized spacial score (nSPS) is 19.5. The molecule has 0 atom stereocenters. The van der Waals surface area contributed by atoms with Gasteiger partial charge in [-0.15, -0.1) is 0 Å². The molecule has 2 rings (SSSR count). The van der Waals surface area contributed by atoms with Gasteiger partial charge < -0.3 is 10.6 Å². The Labute approximate surface area is 90.5 Å². The van der Waals surface area contributed by atoms with Gasteiger partial charge in [-0.1, -0.05) is 13.8 Å². The largest absolute Gasteiger partial charge is 0.355 e. The molecule has 4 nitrogen and oxygen atoms in total. The summed E-state index contributed by atoms with van der Waals surface area (Å²) >= 11 is 0. The molecule has 2 N–H and O–H groups in total. The molecular formula is C11H18N4. The Morgan fingerprint density at radius 3 is 2.73 bits per heavy atom. The minimum Gasteiger partial charge on any atom is -0.355 e. The number of nitrogens with zero attached hydrogens (tertiary/aromatic N) is 3. The quantitative estimate of drug-likeness (QED) is 0.789. The number of rotatable bonds is 2. The summed E-state index contributed by atoms with van der Waals surface area (Å²) in [5.74, 6) is 0.963. The molecule has 1 fully saturated rings. The molecule has 0 unspecified atom stereocenters. The zero-order valence-electron chi connectivity index (χ0n) is 9.40. The van der Waals surface area contributed by atoms with Gasteiger partial charge >= 0.3 is 0 Å². The topological polar surface area (TPSA) is 55.0 Å². The molecule has 1 aromatic rings. The van der Waals surface area contributed by atoms with Gasteiger partial charge in [-0.2, -0.15) is 0 Å². The van der Waals surface area contributed by atoms with E-state index in [1.807, 2.05) is 0 Å². The molecule has 1 aromatic heterocycles. The molecule has 4 heteroatoms. The van der Waals surface area contributed by atoms with Crippen LogP contribution < -0.4 is 10.6 Å². The van der Waals surface area contributed by atoms with Crippen LogP contribution in [-0.2, 0) is 6.54 Å². The second-order valence-corrected chi connectivity index (χ2v) is 4.87. The fourth-order valence-electron chi connectivity index (χ4n) is 2.06. The lowest BCUT2D eigenvalue weighted by molar-refractivity contribution is 0.418. The van der Waals surface area contributed by atoms with Gasteiger partial charge in [0.05, 0.1) is 5.69 Å². The van der Waals surface area contributed by atoms with Crippen molar-refractivity contribution in [2.45, 2.75) is 26.8 Å². The van der Waals surface area contributed by atoms with Gasteiger partial charge in [0.2, 0.25) is 0 Å². The third-order valence-electron chi connectivity index (χ3n) is 2.92. The molecule has 0 amide bonds.